The number of nitrogens with one attached hydrogen (secondary N) is 1. The average Bonchev–Trinajstić information content (AvgIpc) is 2.39. The van der Waals surface area contributed by atoms with E-state index in [0.717, 1.165) is 24.9 Å². The Kier molecular flexibility index (Phi) is 3.76. The molecule has 1 N–H and O–H groups in total. The molecule has 1 atom stereocenters. The number of pyridine rings is 1. The van der Waals surface area contributed by atoms with E-state index < -0.39 is 0 Å². The maximum Gasteiger partial charge on any atom is 0.131 e. The predicted octanol–water partition coefficient (Wildman–Crippen LogP) is 4.47. The highest BCUT2D eigenvalue weighted by molar-refractivity contribution is 9.10. The van der Waals surface area contributed by atoms with Crippen molar-refractivity contribution in [2.24, 2.45) is 0 Å². The summed E-state index contributed by atoms with van der Waals surface area (Å²) < 4.78 is 1.17. The fourth-order valence-corrected chi connectivity index (χ4v) is 3.16. The molecular weight excluding hydrogens is 324 g/mol. The fourth-order valence-electron chi connectivity index (χ4n) is 2.57. The lowest BCUT2D eigenvalue weighted by molar-refractivity contribution is 0.610. The van der Waals surface area contributed by atoms with Crippen LogP contribution in [0.25, 0.3) is 0 Å². The van der Waals surface area contributed by atoms with E-state index in [0.29, 0.717) is 11.2 Å². The largest absolute Gasteiger partial charge is 0.382 e. The van der Waals surface area contributed by atoms with Gasteiger partial charge in [-0.1, -0.05) is 33.6 Å². The first-order chi connectivity index (χ1) is 9.20. The van der Waals surface area contributed by atoms with Crippen LogP contribution in [-0.2, 0) is 12.8 Å². The molecule has 98 valence electrons. The van der Waals surface area contributed by atoms with Crippen LogP contribution in [0.4, 0.5) is 5.69 Å². The maximum atomic E-state index is 5.90. The van der Waals surface area contributed by atoms with Gasteiger partial charge in [0.05, 0.1) is 0 Å². The van der Waals surface area contributed by atoms with Crippen molar-refractivity contribution in [1.29, 1.82) is 0 Å². The molecule has 2 nitrogen and oxygen atoms in total. The number of aryl methyl sites for hydroxylation is 1. The summed E-state index contributed by atoms with van der Waals surface area (Å²) in [4.78, 5) is 4.00. The van der Waals surface area contributed by atoms with Gasteiger partial charge in [-0.15, -0.1) is 0 Å². The Bertz CT molecular complexity index is 600. The molecule has 0 aliphatic heterocycles. The molecule has 4 heteroatoms. The van der Waals surface area contributed by atoms with Crippen LogP contribution < -0.4 is 5.32 Å². The Morgan fingerprint density at radius 2 is 2.11 bits per heavy atom. The highest BCUT2D eigenvalue weighted by Gasteiger charge is 2.18. The van der Waals surface area contributed by atoms with E-state index in [4.69, 9.17) is 11.6 Å². The van der Waals surface area contributed by atoms with Crippen molar-refractivity contribution in [1.82, 2.24) is 4.98 Å². The van der Waals surface area contributed by atoms with Crippen LogP contribution in [0, 0.1) is 0 Å². The zero-order valence-corrected chi connectivity index (χ0v) is 12.7. The summed E-state index contributed by atoms with van der Waals surface area (Å²) in [5.41, 5.74) is 3.94. The van der Waals surface area contributed by atoms with Gasteiger partial charge in [0, 0.05) is 22.4 Å². The van der Waals surface area contributed by atoms with Crippen LogP contribution in [-0.4, -0.2) is 11.0 Å². The summed E-state index contributed by atoms with van der Waals surface area (Å²) in [6.45, 7) is 0. The van der Waals surface area contributed by atoms with Crippen molar-refractivity contribution < 1.29 is 0 Å². The number of fused-ring (bicyclic) bond motifs is 1. The topological polar surface area (TPSA) is 24.9 Å². The lowest BCUT2D eigenvalue weighted by Crippen LogP contribution is -2.27. The van der Waals surface area contributed by atoms with E-state index in [9.17, 15) is 0 Å². The number of halogens is 2. The zero-order valence-electron chi connectivity index (χ0n) is 10.4. The SMILES string of the molecule is Clc1cc(NC2CCc3cc(Br)ccc3C2)ccn1. The summed E-state index contributed by atoms with van der Waals surface area (Å²) in [5, 5.41) is 4.07. The molecule has 0 radical (unpaired) electrons. The van der Waals surface area contributed by atoms with Gasteiger partial charge in [0.1, 0.15) is 5.15 Å². The van der Waals surface area contributed by atoms with Crippen LogP contribution in [0.1, 0.15) is 17.5 Å². The summed E-state index contributed by atoms with van der Waals surface area (Å²) in [5.74, 6) is 0. The third-order valence-corrected chi connectivity index (χ3v) is 4.19. The monoisotopic (exact) mass is 336 g/mol. The van der Waals surface area contributed by atoms with E-state index in [1.54, 1.807) is 6.20 Å². The highest BCUT2D eigenvalue weighted by Crippen LogP contribution is 2.26. The lowest BCUT2D eigenvalue weighted by atomic mass is 9.88. The van der Waals surface area contributed by atoms with Crippen molar-refractivity contribution in [3.63, 3.8) is 0 Å². The molecule has 0 saturated carbocycles. The van der Waals surface area contributed by atoms with Gasteiger partial charge in [0.25, 0.3) is 0 Å². The number of nitrogens with zero attached hydrogens (tertiary/aromatic N) is 1. The van der Waals surface area contributed by atoms with Crippen LogP contribution in [0.5, 0.6) is 0 Å². The third-order valence-electron chi connectivity index (χ3n) is 3.49. The third kappa shape index (κ3) is 3.10. The first-order valence-corrected chi connectivity index (χ1v) is 7.53. The smallest absolute Gasteiger partial charge is 0.131 e. The summed E-state index contributed by atoms with van der Waals surface area (Å²) in [7, 11) is 0. The molecule has 0 saturated heterocycles. The number of anilines is 1. The van der Waals surface area contributed by atoms with E-state index in [-0.39, 0.29) is 0 Å². The summed E-state index contributed by atoms with van der Waals surface area (Å²) in [6, 6.07) is 10.9. The molecule has 1 aromatic carbocycles. The molecule has 2 aromatic rings. The second-order valence-corrected chi connectivity index (χ2v) is 6.17. The minimum absolute atomic E-state index is 0.465. The molecule has 0 spiro atoms. The molecule has 0 fully saturated rings. The maximum absolute atomic E-state index is 5.90. The van der Waals surface area contributed by atoms with Gasteiger partial charge < -0.3 is 5.32 Å². The molecule has 1 heterocycles. The number of hydrogen-bond donors (Lipinski definition) is 1. The van der Waals surface area contributed by atoms with Gasteiger partial charge in [-0.05, 0) is 54.7 Å². The average molecular weight is 338 g/mol. The van der Waals surface area contributed by atoms with E-state index in [2.05, 4.69) is 44.4 Å². The molecular formula is C15H14BrClN2. The van der Waals surface area contributed by atoms with Crippen LogP contribution in [0.2, 0.25) is 5.15 Å². The quantitative estimate of drug-likeness (QED) is 0.818. The van der Waals surface area contributed by atoms with Gasteiger partial charge in [-0.3, -0.25) is 0 Å². The van der Waals surface area contributed by atoms with Crippen LogP contribution in [0.3, 0.4) is 0 Å². The minimum Gasteiger partial charge on any atom is -0.382 e. The fraction of sp³-hybridized carbons (Fsp3) is 0.267. The summed E-state index contributed by atoms with van der Waals surface area (Å²) >= 11 is 9.43. The Hall–Kier alpha value is -1.06. The number of rotatable bonds is 2. The first kappa shape index (κ1) is 12.9. The van der Waals surface area contributed by atoms with Gasteiger partial charge in [-0.2, -0.15) is 0 Å². The molecule has 1 unspecified atom stereocenters. The Morgan fingerprint density at radius 3 is 2.95 bits per heavy atom. The van der Waals surface area contributed by atoms with Crippen LogP contribution >= 0.6 is 27.5 Å². The second-order valence-electron chi connectivity index (χ2n) is 4.86. The Morgan fingerprint density at radius 1 is 1.21 bits per heavy atom. The van der Waals surface area contributed by atoms with E-state index >= 15 is 0 Å². The molecule has 1 aromatic heterocycles. The van der Waals surface area contributed by atoms with Crippen LogP contribution in [0.15, 0.2) is 41.0 Å². The van der Waals surface area contributed by atoms with Crippen molar-refractivity contribution in [3.05, 3.63) is 57.3 Å². The number of hydrogen-bond acceptors (Lipinski definition) is 2. The normalized spacial score (nSPS) is 17.9. The van der Waals surface area contributed by atoms with Gasteiger partial charge in [0.2, 0.25) is 0 Å². The Labute approximate surface area is 126 Å². The highest BCUT2D eigenvalue weighted by atomic mass is 79.9. The minimum atomic E-state index is 0.465. The second kappa shape index (κ2) is 5.51. The van der Waals surface area contributed by atoms with E-state index in [1.165, 1.54) is 15.6 Å². The molecule has 19 heavy (non-hydrogen) atoms. The standard InChI is InChI=1S/C15H14BrClN2/c16-12-3-1-11-8-13(4-2-10(11)7-12)19-14-5-6-18-15(17)9-14/h1,3,5-7,9,13H,2,4,8H2,(H,18,19). The molecule has 3 rings (SSSR count). The molecule has 0 amide bonds. The summed E-state index contributed by atoms with van der Waals surface area (Å²) in [6.07, 6.45) is 5.05. The zero-order chi connectivity index (χ0) is 13.2. The van der Waals surface area contributed by atoms with Crippen molar-refractivity contribution in [3.8, 4) is 0 Å². The number of benzene rings is 1. The molecule has 1 aliphatic rings. The van der Waals surface area contributed by atoms with Gasteiger partial charge in [0.15, 0.2) is 0 Å². The predicted molar refractivity (Wildman–Crippen MR) is 82.8 cm³/mol. The van der Waals surface area contributed by atoms with Gasteiger partial charge >= 0.3 is 0 Å². The Balaban J connectivity index is 1.74. The molecule has 0 bridgehead atoms. The first-order valence-electron chi connectivity index (χ1n) is 6.36. The van der Waals surface area contributed by atoms with Gasteiger partial charge in [-0.25, -0.2) is 4.98 Å². The van der Waals surface area contributed by atoms with Crippen molar-refractivity contribution in [2.75, 3.05) is 5.32 Å². The lowest BCUT2D eigenvalue weighted by Gasteiger charge is -2.26. The van der Waals surface area contributed by atoms with Crippen molar-refractivity contribution in [2.45, 2.75) is 25.3 Å². The van der Waals surface area contributed by atoms with E-state index in [1.807, 2.05) is 12.1 Å². The molecule has 1 aliphatic carbocycles. The van der Waals surface area contributed by atoms with Crippen molar-refractivity contribution >= 4 is 33.2 Å². The number of aromatic nitrogens is 1.